The van der Waals surface area contributed by atoms with Crippen LogP contribution in [-0.2, 0) is 11.4 Å². The molecule has 0 saturated carbocycles. The van der Waals surface area contributed by atoms with Gasteiger partial charge in [0.15, 0.2) is 12.4 Å². The highest BCUT2D eigenvalue weighted by Crippen LogP contribution is 2.02. The maximum atomic E-state index is 11.7. The fourth-order valence-corrected chi connectivity index (χ4v) is 1.51. The first kappa shape index (κ1) is 14.2. The van der Waals surface area contributed by atoms with Gasteiger partial charge in [0.1, 0.15) is 0 Å². The molecule has 1 heterocycles. The van der Waals surface area contributed by atoms with E-state index in [0.29, 0.717) is 18.8 Å². The molecule has 0 radical (unpaired) electrons. The monoisotopic (exact) mass is 254 g/mol. The lowest BCUT2D eigenvalue weighted by molar-refractivity contribution is -0.132. The van der Waals surface area contributed by atoms with Crippen LogP contribution >= 0.6 is 0 Å². The number of hydrogen-bond acceptors (Lipinski definition) is 4. The Morgan fingerprint density at radius 1 is 1.44 bits per heavy atom. The first-order chi connectivity index (χ1) is 8.62. The molecule has 0 atom stereocenters. The summed E-state index contributed by atoms with van der Waals surface area (Å²) in [7, 11) is 0. The van der Waals surface area contributed by atoms with Crippen molar-refractivity contribution < 1.29 is 14.6 Å². The first-order valence-electron chi connectivity index (χ1n) is 5.85. The molecule has 0 bridgehead atoms. The summed E-state index contributed by atoms with van der Waals surface area (Å²) in [5.41, 5.74) is 0.0487. The summed E-state index contributed by atoms with van der Waals surface area (Å²) in [6.07, 6.45) is 1.35. The number of aliphatic hydroxyl groups is 1. The first-order valence-corrected chi connectivity index (χ1v) is 5.85. The number of carbonyl (C=O) groups excluding carboxylic acids is 1. The molecule has 1 amide bonds. The highest BCUT2D eigenvalue weighted by Gasteiger charge is 2.11. The van der Waals surface area contributed by atoms with E-state index >= 15 is 0 Å². The molecular weight excluding hydrogens is 236 g/mol. The van der Waals surface area contributed by atoms with Crippen molar-refractivity contribution in [1.29, 1.82) is 0 Å². The maximum absolute atomic E-state index is 11.7. The average Bonchev–Trinajstić information content (AvgIpc) is 2.38. The number of ether oxygens (including phenoxy) is 1. The second kappa shape index (κ2) is 6.80. The molecule has 0 spiro atoms. The van der Waals surface area contributed by atoms with Gasteiger partial charge in [0.25, 0.3) is 5.91 Å². The largest absolute Gasteiger partial charge is 0.478 e. The molecular formula is C12H18N2O4. The maximum Gasteiger partial charge on any atom is 0.260 e. The lowest BCUT2D eigenvalue weighted by Crippen LogP contribution is -2.35. The smallest absolute Gasteiger partial charge is 0.260 e. The van der Waals surface area contributed by atoms with E-state index in [2.05, 4.69) is 4.98 Å². The number of rotatable bonds is 6. The molecule has 0 aromatic carbocycles. The molecule has 0 aliphatic heterocycles. The topological polar surface area (TPSA) is 82.6 Å². The van der Waals surface area contributed by atoms with Crippen molar-refractivity contribution in [2.24, 2.45) is 0 Å². The molecule has 1 rings (SSSR count). The molecule has 0 unspecified atom stereocenters. The lowest BCUT2D eigenvalue weighted by atomic mass is 10.3. The molecule has 6 nitrogen and oxygen atoms in total. The number of aliphatic hydroxyl groups excluding tert-OH is 1. The Morgan fingerprint density at radius 2 is 2.11 bits per heavy atom. The minimum Gasteiger partial charge on any atom is -0.478 e. The van der Waals surface area contributed by atoms with E-state index in [1.165, 1.54) is 12.3 Å². The van der Waals surface area contributed by atoms with Gasteiger partial charge in [-0.05, 0) is 13.8 Å². The lowest BCUT2D eigenvalue weighted by Gasteiger charge is -2.18. The number of pyridine rings is 1. The van der Waals surface area contributed by atoms with Crippen molar-refractivity contribution in [1.82, 2.24) is 9.88 Å². The predicted octanol–water partition coefficient (Wildman–Crippen LogP) is 0.114. The fraction of sp³-hybridized carbons (Fsp3) is 0.500. The zero-order valence-corrected chi connectivity index (χ0v) is 10.6. The Bertz CT molecular complexity index is 452. The second-order valence-corrected chi connectivity index (χ2v) is 3.70. The molecule has 0 saturated heterocycles. The number of carbonyl (C=O) groups is 1. The number of likely N-dealkylation sites (N-methyl/N-ethyl adjacent to an activating group) is 1. The molecule has 2 N–H and O–H groups in total. The number of amides is 1. The minimum absolute atomic E-state index is 0.0766. The quantitative estimate of drug-likeness (QED) is 0.755. The second-order valence-electron chi connectivity index (χ2n) is 3.70. The summed E-state index contributed by atoms with van der Waals surface area (Å²) >= 11 is 0. The van der Waals surface area contributed by atoms with Crippen molar-refractivity contribution in [3.05, 3.63) is 28.2 Å². The van der Waals surface area contributed by atoms with Crippen molar-refractivity contribution in [2.75, 3.05) is 19.7 Å². The number of nitrogens with zero attached hydrogens (tertiary/aromatic N) is 1. The van der Waals surface area contributed by atoms with E-state index < -0.39 is 0 Å². The van der Waals surface area contributed by atoms with Crippen LogP contribution in [0.2, 0.25) is 0 Å². The van der Waals surface area contributed by atoms with Crippen LogP contribution in [0.3, 0.4) is 0 Å². The molecule has 1 aromatic heterocycles. The van der Waals surface area contributed by atoms with Crippen LogP contribution in [-0.4, -0.2) is 40.6 Å². The number of hydrogen-bond donors (Lipinski definition) is 2. The van der Waals surface area contributed by atoms with E-state index in [4.69, 9.17) is 9.84 Å². The Kier molecular flexibility index (Phi) is 5.38. The van der Waals surface area contributed by atoms with E-state index in [1.54, 1.807) is 4.90 Å². The number of nitrogens with one attached hydrogen (secondary N) is 1. The van der Waals surface area contributed by atoms with Gasteiger partial charge in [0.05, 0.1) is 6.61 Å². The van der Waals surface area contributed by atoms with Crippen LogP contribution in [0.15, 0.2) is 17.1 Å². The van der Waals surface area contributed by atoms with Gasteiger partial charge in [0.2, 0.25) is 5.43 Å². The van der Waals surface area contributed by atoms with Gasteiger partial charge in [-0.15, -0.1) is 0 Å². The Hall–Kier alpha value is -1.82. The number of aromatic amines is 1. The summed E-state index contributed by atoms with van der Waals surface area (Å²) in [5, 5.41) is 8.84. The van der Waals surface area contributed by atoms with Gasteiger partial charge in [0, 0.05) is 31.0 Å². The minimum atomic E-state index is -0.356. The summed E-state index contributed by atoms with van der Waals surface area (Å²) < 4.78 is 5.17. The van der Waals surface area contributed by atoms with Crippen LogP contribution < -0.4 is 10.2 Å². The van der Waals surface area contributed by atoms with Gasteiger partial charge in [-0.25, -0.2) is 0 Å². The SMILES string of the molecule is CCN(CC)C(=O)COc1c[nH]c(CO)cc1=O. The highest BCUT2D eigenvalue weighted by atomic mass is 16.5. The average molecular weight is 254 g/mol. The van der Waals surface area contributed by atoms with Crippen molar-refractivity contribution in [3.63, 3.8) is 0 Å². The zero-order chi connectivity index (χ0) is 13.5. The summed E-state index contributed by atoms with van der Waals surface area (Å²) in [5.74, 6) is -0.0849. The zero-order valence-electron chi connectivity index (χ0n) is 10.6. The normalized spacial score (nSPS) is 10.2. The van der Waals surface area contributed by atoms with Crippen molar-refractivity contribution in [3.8, 4) is 5.75 Å². The van der Waals surface area contributed by atoms with Crippen LogP contribution in [0, 0.1) is 0 Å². The highest BCUT2D eigenvalue weighted by molar-refractivity contribution is 5.77. The summed E-state index contributed by atoms with van der Waals surface area (Å²) in [4.78, 5) is 27.5. The third-order valence-electron chi connectivity index (χ3n) is 2.57. The molecule has 0 aliphatic carbocycles. The molecule has 18 heavy (non-hydrogen) atoms. The third-order valence-corrected chi connectivity index (χ3v) is 2.57. The van der Waals surface area contributed by atoms with E-state index in [1.807, 2.05) is 13.8 Å². The molecule has 6 heteroatoms. The van der Waals surface area contributed by atoms with Gasteiger partial charge >= 0.3 is 0 Å². The number of H-pyrrole nitrogens is 1. The Morgan fingerprint density at radius 3 is 2.61 bits per heavy atom. The van der Waals surface area contributed by atoms with Crippen LogP contribution in [0.4, 0.5) is 0 Å². The molecule has 0 fully saturated rings. The Balaban J connectivity index is 2.64. The van der Waals surface area contributed by atoms with Gasteiger partial charge < -0.3 is 19.7 Å². The summed E-state index contributed by atoms with van der Waals surface area (Å²) in [6.45, 7) is 4.57. The van der Waals surface area contributed by atoms with Crippen molar-refractivity contribution in [2.45, 2.75) is 20.5 Å². The van der Waals surface area contributed by atoms with E-state index in [-0.39, 0.29) is 30.3 Å². The standard InChI is InChI=1S/C12H18N2O4/c1-3-14(4-2)12(17)8-18-11-6-13-9(7-15)5-10(11)16/h5-6,15H,3-4,7-8H2,1-2H3,(H,13,16). The molecule has 0 aliphatic rings. The summed E-state index contributed by atoms with van der Waals surface area (Å²) in [6, 6.07) is 1.25. The van der Waals surface area contributed by atoms with Gasteiger partial charge in [-0.3, -0.25) is 9.59 Å². The predicted molar refractivity (Wildman–Crippen MR) is 66.4 cm³/mol. The van der Waals surface area contributed by atoms with Crippen LogP contribution in [0.5, 0.6) is 5.75 Å². The molecule has 1 aromatic rings. The van der Waals surface area contributed by atoms with E-state index in [9.17, 15) is 9.59 Å². The Labute approximate surface area is 105 Å². The van der Waals surface area contributed by atoms with Crippen LogP contribution in [0.1, 0.15) is 19.5 Å². The van der Waals surface area contributed by atoms with Crippen molar-refractivity contribution >= 4 is 5.91 Å². The van der Waals surface area contributed by atoms with E-state index in [0.717, 1.165) is 0 Å². The third kappa shape index (κ3) is 3.59. The van der Waals surface area contributed by atoms with Gasteiger partial charge in [-0.1, -0.05) is 0 Å². The fourth-order valence-electron chi connectivity index (χ4n) is 1.51. The molecule has 100 valence electrons. The number of aromatic nitrogens is 1. The van der Waals surface area contributed by atoms with Gasteiger partial charge in [-0.2, -0.15) is 0 Å². The van der Waals surface area contributed by atoms with Crippen LogP contribution in [0.25, 0.3) is 0 Å².